The average Bonchev–Trinajstić information content (AvgIpc) is 3.15. The Kier molecular flexibility index (Phi) is 3.25. The summed E-state index contributed by atoms with van der Waals surface area (Å²) in [6.45, 7) is 0. The van der Waals surface area contributed by atoms with Crippen molar-refractivity contribution in [2.45, 2.75) is 44.1 Å². The molecule has 2 aliphatic rings. The van der Waals surface area contributed by atoms with Crippen molar-refractivity contribution in [3.63, 3.8) is 0 Å². The number of aromatic nitrogens is 2. The molecule has 2 aromatic rings. The highest BCUT2D eigenvalue weighted by Gasteiger charge is 2.34. The predicted octanol–water partition coefficient (Wildman–Crippen LogP) is 2.47. The number of aromatic hydroxyl groups is 1. The van der Waals surface area contributed by atoms with Crippen molar-refractivity contribution in [1.29, 1.82) is 0 Å². The lowest BCUT2D eigenvalue weighted by Crippen LogP contribution is -2.27. The first-order valence-corrected chi connectivity index (χ1v) is 8.06. The van der Waals surface area contributed by atoms with Crippen LogP contribution in [0.15, 0.2) is 29.1 Å². The smallest absolute Gasteiger partial charge is 0.270 e. The van der Waals surface area contributed by atoms with Crippen LogP contribution in [-0.4, -0.2) is 20.8 Å². The van der Waals surface area contributed by atoms with Crippen molar-refractivity contribution in [1.82, 2.24) is 9.78 Å². The van der Waals surface area contributed by atoms with Crippen LogP contribution in [0.1, 0.15) is 55.2 Å². The SMILES string of the molecule is O=C1CC(c2ccc(O)cc2)c2c(n(C3CCCC3)[nH]c2=O)N1. The predicted molar refractivity (Wildman–Crippen MR) is 85.8 cm³/mol. The fraction of sp³-hybridized carbons (Fsp3) is 0.412. The molecular weight excluding hydrogens is 294 g/mol. The van der Waals surface area contributed by atoms with Crippen LogP contribution in [0.2, 0.25) is 0 Å². The molecule has 6 heteroatoms. The van der Waals surface area contributed by atoms with E-state index in [4.69, 9.17) is 0 Å². The van der Waals surface area contributed by atoms with Gasteiger partial charge in [-0.25, -0.2) is 0 Å². The number of hydrogen-bond acceptors (Lipinski definition) is 3. The highest BCUT2D eigenvalue weighted by molar-refractivity contribution is 5.94. The van der Waals surface area contributed by atoms with Gasteiger partial charge in [-0.2, -0.15) is 0 Å². The number of benzene rings is 1. The Morgan fingerprint density at radius 2 is 1.78 bits per heavy atom. The Labute approximate surface area is 133 Å². The molecule has 1 aliphatic heterocycles. The zero-order valence-corrected chi connectivity index (χ0v) is 12.7. The molecule has 4 rings (SSSR count). The van der Waals surface area contributed by atoms with E-state index in [0.717, 1.165) is 31.2 Å². The quantitative estimate of drug-likeness (QED) is 0.796. The summed E-state index contributed by atoms with van der Waals surface area (Å²) in [6.07, 6.45) is 4.59. The van der Waals surface area contributed by atoms with Gasteiger partial charge in [0, 0.05) is 12.3 Å². The van der Waals surface area contributed by atoms with E-state index < -0.39 is 0 Å². The number of carbonyl (C=O) groups excluding carboxylic acids is 1. The first kappa shape index (κ1) is 14.1. The maximum Gasteiger partial charge on any atom is 0.270 e. The number of rotatable bonds is 2. The second-order valence-corrected chi connectivity index (χ2v) is 6.41. The summed E-state index contributed by atoms with van der Waals surface area (Å²) >= 11 is 0. The Morgan fingerprint density at radius 3 is 2.48 bits per heavy atom. The first-order chi connectivity index (χ1) is 11.1. The van der Waals surface area contributed by atoms with E-state index in [2.05, 4.69) is 10.4 Å². The zero-order chi connectivity index (χ0) is 16.0. The molecule has 0 radical (unpaired) electrons. The standard InChI is InChI=1S/C17H19N3O3/c21-12-7-5-10(6-8-12)13-9-14(22)18-16-15(13)17(23)19-20(16)11-3-1-2-4-11/h5-8,11,13,21H,1-4,9H2,(H,18,22)(H,19,23). The molecule has 1 aromatic carbocycles. The third-order valence-corrected chi connectivity index (χ3v) is 4.94. The molecule has 1 atom stereocenters. The number of fused-ring (bicyclic) bond motifs is 1. The van der Waals surface area contributed by atoms with Crippen LogP contribution in [0.4, 0.5) is 5.82 Å². The third kappa shape index (κ3) is 2.34. The van der Waals surface area contributed by atoms with Crippen molar-refractivity contribution >= 4 is 11.7 Å². The van der Waals surface area contributed by atoms with Gasteiger partial charge in [0.1, 0.15) is 11.6 Å². The summed E-state index contributed by atoms with van der Waals surface area (Å²) in [6, 6.07) is 6.97. The van der Waals surface area contributed by atoms with Gasteiger partial charge in [0.05, 0.1) is 11.6 Å². The van der Waals surface area contributed by atoms with Crippen LogP contribution in [0, 0.1) is 0 Å². The van der Waals surface area contributed by atoms with E-state index >= 15 is 0 Å². The van der Waals surface area contributed by atoms with E-state index in [1.807, 2.05) is 4.68 Å². The fourth-order valence-electron chi connectivity index (χ4n) is 3.81. The molecule has 23 heavy (non-hydrogen) atoms. The number of hydrogen-bond donors (Lipinski definition) is 3. The number of H-pyrrole nitrogens is 1. The van der Waals surface area contributed by atoms with Gasteiger partial charge < -0.3 is 10.4 Å². The molecule has 1 amide bonds. The Morgan fingerprint density at radius 1 is 1.09 bits per heavy atom. The number of nitrogens with one attached hydrogen (secondary N) is 2. The molecule has 6 nitrogen and oxygen atoms in total. The monoisotopic (exact) mass is 313 g/mol. The zero-order valence-electron chi connectivity index (χ0n) is 12.7. The van der Waals surface area contributed by atoms with E-state index in [9.17, 15) is 14.7 Å². The summed E-state index contributed by atoms with van der Waals surface area (Å²) < 4.78 is 1.86. The fourth-order valence-corrected chi connectivity index (χ4v) is 3.81. The number of nitrogens with zero attached hydrogens (tertiary/aromatic N) is 1. The lowest BCUT2D eigenvalue weighted by atomic mass is 9.87. The molecule has 1 fully saturated rings. The Balaban J connectivity index is 1.82. The molecule has 1 aliphatic carbocycles. The minimum absolute atomic E-state index is 0.0821. The van der Waals surface area contributed by atoms with E-state index in [0.29, 0.717) is 11.4 Å². The molecule has 0 saturated heterocycles. The van der Waals surface area contributed by atoms with Crippen molar-refractivity contribution in [3.8, 4) is 5.75 Å². The van der Waals surface area contributed by atoms with Gasteiger partial charge >= 0.3 is 0 Å². The summed E-state index contributed by atoms with van der Waals surface area (Å²) in [5.74, 6) is 0.440. The normalized spacial score (nSPS) is 21.2. The first-order valence-electron chi connectivity index (χ1n) is 8.06. The van der Waals surface area contributed by atoms with E-state index in [1.165, 1.54) is 0 Å². The van der Waals surface area contributed by atoms with Gasteiger partial charge in [-0.15, -0.1) is 0 Å². The number of carbonyl (C=O) groups is 1. The second kappa shape index (κ2) is 5.30. The third-order valence-electron chi connectivity index (χ3n) is 4.94. The number of anilines is 1. The van der Waals surface area contributed by atoms with Crippen molar-refractivity contribution in [2.24, 2.45) is 0 Å². The molecular formula is C17H19N3O3. The van der Waals surface area contributed by atoms with Gasteiger partial charge in [-0.05, 0) is 30.5 Å². The number of amides is 1. The van der Waals surface area contributed by atoms with Crippen molar-refractivity contribution < 1.29 is 9.90 Å². The number of phenolic OH excluding ortho intramolecular Hbond substituents is 1. The van der Waals surface area contributed by atoms with Gasteiger partial charge in [0.25, 0.3) is 5.56 Å². The summed E-state index contributed by atoms with van der Waals surface area (Å²) in [4.78, 5) is 24.7. The molecule has 0 bridgehead atoms. The summed E-state index contributed by atoms with van der Waals surface area (Å²) in [5, 5.41) is 15.3. The lowest BCUT2D eigenvalue weighted by molar-refractivity contribution is -0.116. The van der Waals surface area contributed by atoms with Crippen molar-refractivity contribution in [3.05, 3.63) is 45.7 Å². The lowest BCUT2D eigenvalue weighted by Gasteiger charge is -2.24. The van der Waals surface area contributed by atoms with E-state index in [-0.39, 0.29) is 35.6 Å². The van der Waals surface area contributed by atoms with Crippen LogP contribution in [0.3, 0.4) is 0 Å². The number of aromatic amines is 1. The highest BCUT2D eigenvalue weighted by atomic mass is 16.3. The number of phenols is 1. The molecule has 1 aromatic heterocycles. The van der Waals surface area contributed by atoms with Gasteiger partial charge in [0.15, 0.2) is 0 Å². The van der Waals surface area contributed by atoms with Gasteiger partial charge in [-0.1, -0.05) is 25.0 Å². The largest absolute Gasteiger partial charge is 0.508 e. The van der Waals surface area contributed by atoms with Crippen LogP contribution in [0.5, 0.6) is 5.75 Å². The van der Waals surface area contributed by atoms with Crippen molar-refractivity contribution in [2.75, 3.05) is 5.32 Å². The van der Waals surface area contributed by atoms with Crippen LogP contribution in [-0.2, 0) is 4.79 Å². The molecule has 1 saturated carbocycles. The van der Waals surface area contributed by atoms with E-state index in [1.54, 1.807) is 24.3 Å². The topological polar surface area (TPSA) is 87.1 Å². The minimum Gasteiger partial charge on any atom is -0.508 e. The van der Waals surface area contributed by atoms with Gasteiger partial charge in [-0.3, -0.25) is 19.4 Å². The molecule has 1 unspecified atom stereocenters. The Hall–Kier alpha value is -2.50. The molecule has 3 N–H and O–H groups in total. The second-order valence-electron chi connectivity index (χ2n) is 6.41. The maximum absolute atomic E-state index is 12.5. The van der Waals surface area contributed by atoms with Crippen LogP contribution >= 0.6 is 0 Å². The van der Waals surface area contributed by atoms with Crippen LogP contribution < -0.4 is 10.9 Å². The molecule has 2 heterocycles. The molecule has 120 valence electrons. The Bertz CT molecular complexity index is 797. The summed E-state index contributed by atoms with van der Waals surface area (Å²) in [5.41, 5.74) is 1.36. The summed E-state index contributed by atoms with van der Waals surface area (Å²) in [7, 11) is 0. The van der Waals surface area contributed by atoms with Crippen LogP contribution in [0.25, 0.3) is 0 Å². The molecule has 0 spiro atoms. The maximum atomic E-state index is 12.5. The van der Waals surface area contributed by atoms with Gasteiger partial charge in [0.2, 0.25) is 5.91 Å². The minimum atomic E-state index is -0.272. The average molecular weight is 313 g/mol. The highest BCUT2D eigenvalue weighted by Crippen LogP contribution is 2.39.